The third kappa shape index (κ3) is 2.79. The number of hydrogen-bond donors (Lipinski definition) is 1. The number of fused-ring (bicyclic) bond motifs is 1. The van der Waals surface area contributed by atoms with Crippen molar-refractivity contribution in [2.24, 2.45) is 0 Å². The molecule has 0 saturated heterocycles. The van der Waals surface area contributed by atoms with E-state index in [2.05, 4.69) is 21.5 Å². The number of carbonyl (C=O) groups is 1. The van der Waals surface area contributed by atoms with Gasteiger partial charge in [-0.3, -0.25) is 4.79 Å². The summed E-state index contributed by atoms with van der Waals surface area (Å²) in [5.41, 5.74) is 2.89. The second kappa shape index (κ2) is 5.90. The molecule has 0 radical (unpaired) electrons. The maximum absolute atomic E-state index is 12.2. The fourth-order valence-corrected chi connectivity index (χ4v) is 3.36. The number of benzene rings is 2. The number of para-hydroxylation sites is 1. The molecule has 24 heavy (non-hydrogen) atoms. The Kier molecular flexibility index (Phi) is 3.59. The van der Waals surface area contributed by atoms with E-state index in [1.54, 1.807) is 24.3 Å². The Morgan fingerprint density at radius 1 is 1.12 bits per heavy atom. The average molecular weight is 335 g/mol. The first kappa shape index (κ1) is 14.6. The predicted molar refractivity (Wildman–Crippen MR) is 94.2 cm³/mol. The molecule has 0 bridgehead atoms. The van der Waals surface area contributed by atoms with Gasteiger partial charge in [-0.2, -0.15) is 0 Å². The highest BCUT2D eigenvalue weighted by Gasteiger charge is 2.12. The minimum atomic E-state index is -0.298. The number of rotatable bonds is 3. The Morgan fingerprint density at radius 3 is 2.79 bits per heavy atom. The Bertz CT molecular complexity index is 1000. The standard InChI is InChI=1S/C18H13N3O2S/c1-11-9-15(21-23-11)17(22)19-13-6-4-5-12(10-13)18-20-14-7-2-3-8-16(14)24-18/h2-10H,1H3,(H,19,22). The van der Waals surface area contributed by atoms with Crippen LogP contribution in [0.25, 0.3) is 20.8 Å². The van der Waals surface area contributed by atoms with E-state index < -0.39 is 0 Å². The number of nitrogens with one attached hydrogen (secondary N) is 1. The summed E-state index contributed by atoms with van der Waals surface area (Å²) >= 11 is 1.63. The van der Waals surface area contributed by atoms with Gasteiger partial charge in [0.2, 0.25) is 0 Å². The number of carbonyl (C=O) groups excluding carboxylic acids is 1. The van der Waals surface area contributed by atoms with Crippen molar-refractivity contribution in [1.82, 2.24) is 10.1 Å². The van der Waals surface area contributed by atoms with Gasteiger partial charge < -0.3 is 9.84 Å². The van der Waals surface area contributed by atoms with Crippen LogP contribution in [0.5, 0.6) is 0 Å². The van der Waals surface area contributed by atoms with E-state index in [4.69, 9.17) is 4.52 Å². The highest BCUT2D eigenvalue weighted by atomic mass is 32.1. The molecule has 2 heterocycles. The topological polar surface area (TPSA) is 68.0 Å². The summed E-state index contributed by atoms with van der Waals surface area (Å²) in [6, 6.07) is 17.2. The van der Waals surface area contributed by atoms with Crippen LogP contribution in [0.4, 0.5) is 5.69 Å². The summed E-state index contributed by atoms with van der Waals surface area (Å²) in [6.07, 6.45) is 0. The van der Waals surface area contributed by atoms with Crippen LogP contribution in [0.1, 0.15) is 16.2 Å². The van der Waals surface area contributed by atoms with Gasteiger partial charge in [-0.1, -0.05) is 29.4 Å². The summed E-state index contributed by atoms with van der Waals surface area (Å²) in [5.74, 6) is 0.302. The SMILES string of the molecule is Cc1cc(C(=O)Nc2cccc(-c3nc4ccccc4s3)c2)no1. The van der Waals surface area contributed by atoms with Crippen LogP contribution in [-0.2, 0) is 0 Å². The van der Waals surface area contributed by atoms with E-state index in [1.165, 1.54) is 0 Å². The lowest BCUT2D eigenvalue weighted by atomic mass is 10.2. The highest BCUT2D eigenvalue weighted by Crippen LogP contribution is 2.31. The Hall–Kier alpha value is -2.99. The molecule has 0 saturated carbocycles. The van der Waals surface area contributed by atoms with Crippen LogP contribution < -0.4 is 5.32 Å². The highest BCUT2D eigenvalue weighted by molar-refractivity contribution is 7.21. The van der Waals surface area contributed by atoms with Crippen molar-refractivity contribution >= 4 is 33.1 Å². The normalized spacial score (nSPS) is 10.9. The van der Waals surface area contributed by atoms with Gasteiger partial charge in [-0.25, -0.2) is 4.98 Å². The first-order valence-electron chi connectivity index (χ1n) is 7.40. The molecule has 0 atom stereocenters. The van der Waals surface area contributed by atoms with E-state index in [0.717, 1.165) is 20.8 Å². The number of amides is 1. The minimum absolute atomic E-state index is 0.262. The molecule has 0 aliphatic heterocycles. The fraction of sp³-hybridized carbons (Fsp3) is 0.0556. The summed E-state index contributed by atoms with van der Waals surface area (Å²) in [7, 11) is 0. The van der Waals surface area contributed by atoms with Crippen molar-refractivity contribution in [3.05, 3.63) is 66.1 Å². The number of nitrogens with zero attached hydrogens (tertiary/aromatic N) is 2. The Labute approximate surface area is 141 Å². The number of anilines is 1. The number of thiazole rings is 1. The zero-order chi connectivity index (χ0) is 16.5. The molecule has 6 heteroatoms. The molecule has 1 amide bonds. The monoisotopic (exact) mass is 335 g/mol. The van der Waals surface area contributed by atoms with E-state index in [-0.39, 0.29) is 11.6 Å². The van der Waals surface area contributed by atoms with Crippen molar-refractivity contribution in [1.29, 1.82) is 0 Å². The van der Waals surface area contributed by atoms with E-state index in [1.807, 2.05) is 42.5 Å². The molecule has 118 valence electrons. The molecule has 0 aliphatic rings. The number of aromatic nitrogens is 2. The van der Waals surface area contributed by atoms with Gasteiger partial charge in [0, 0.05) is 17.3 Å². The first-order chi connectivity index (χ1) is 11.7. The van der Waals surface area contributed by atoms with Gasteiger partial charge in [-0.05, 0) is 31.2 Å². The Morgan fingerprint density at radius 2 is 2.00 bits per heavy atom. The van der Waals surface area contributed by atoms with Crippen LogP contribution in [0.2, 0.25) is 0 Å². The van der Waals surface area contributed by atoms with E-state index in [9.17, 15) is 4.79 Å². The minimum Gasteiger partial charge on any atom is -0.361 e. The van der Waals surface area contributed by atoms with Crippen molar-refractivity contribution in [3.8, 4) is 10.6 Å². The molecule has 0 spiro atoms. The lowest BCUT2D eigenvalue weighted by Gasteiger charge is -2.04. The van der Waals surface area contributed by atoms with E-state index >= 15 is 0 Å². The second-order valence-corrected chi connectivity index (χ2v) is 6.38. The quantitative estimate of drug-likeness (QED) is 0.598. The molecule has 5 nitrogen and oxygen atoms in total. The average Bonchev–Trinajstić information content (AvgIpc) is 3.21. The molecule has 0 fully saturated rings. The van der Waals surface area contributed by atoms with Crippen molar-refractivity contribution in [2.75, 3.05) is 5.32 Å². The third-order valence-corrected chi connectivity index (χ3v) is 4.61. The van der Waals surface area contributed by atoms with Crippen LogP contribution in [0.3, 0.4) is 0 Å². The molecule has 4 aromatic rings. The summed E-state index contributed by atoms with van der Waals surface area (Å²) < 4.78 is 6.07. The number of hydrogen-bond acceptors (Lipinski definition) is 5. The molecule has 0 aliphatic carbocycles. The smallest absolute Gasteiger partial charge is 0.277 e. The molecule has 2 aromatic carbocycles. The molecular formula is C18H13N3O2S. The van der Waals surface area contributed by atoms with Crippen LogP contribution >= 0.6 is 11.3 Å². The molecule has 4 rings (SSSR count). The van der Waals surface area contributed by atoms with Crippen LogP contribution in [-0.4, -0.2) is 16.0 Å². The van der Waals surface area contributed by atoms with Gasteiger partial charge >= 0.3 is 0 Å². The lowest BCUT2D eigenvalue weighted by Crippen LogP contribution is -2.12. The van der Waals surface area contributed by atoms with Crippen LogP contribution in [0.15, 0.2) is 59.1 Å². The number of aryl methyl sites for hydroxylation is 1. The predicted octanol–water partition coefficient (Wildman–Crippen LogP) is 4.51. The third-order valence-electron chi connectivity index (χ3n) is 3.52. The van der Waals surface area contributed by atoms with Gasteiger partial charge in [0.05, 0.1) is 10.2 Å². The van der Waals surface area contributed by atoms with E-state index in [0.29, 0.717) is 11.4 Å². The van der Waals surface area contributed by atoms with Crippen molar-refractivity contribution < 1.29 is 9.32 Å². The molecule has 1 N–H and O–H groups in total. The van der Waals surface area contributed by atoms with Gasteiger partial charge in [0.25, 0.3) is 5.91 Å². The summed E-state index contributed by atoms with van der Waals surface area (Å²) in [6.45, 7) is 1.75. The Balaban J connectivity index is 1.62. The zero-order valence-electron chi connectivity index (χ0n) is 12.8. The van der Waals surface area contributed by atoms with Crippen molar-refractivity contribution in [2.45, 2.75) is 6.92 Å². The molecular weight excluding hydrogens is 322 g/mol. The van der Waals surface area contributed by atoms with Crippen LogP contribution in [0, 0.1) is 6.92 Å². The maximum atomic E-state index is 12.2. The largest absolute Gasteiger partial charge is 0.361 e. The lowest BCUT2D eigenvalue weighted by molar-refractivity contribution is 0.101. The van der Waals surface area contributed by atoms with Gasteiger partial charge in [-0.15, -0.1) is 11.3 Å². The first-order valence-corrected chi connectivity index (χ1v) is 8.21. The van der Waals surface area contributed by atoms with Gasteiger partial charge in [0.1, 0.15) is 10.8 Å². The zero-order valence-corrected chi connectivity index (χ0v) is 13.6. The summed E-state index contributed by atoms with van der Waals surface area (Å²) in [4.78, 5) is 16.8. The molecule has 0 unspecified atom stereocenters. The van der Waals surface area contributed by atoms with Crippen molar-refractivity contribution in [3.63, 3.8) is 0 Å². The second-order valence-electron chi connectivity index (χ2n) is 5.34. The van der Waals surface area contributed by atoms with Gasteiger partial charge in [0.15, 0.2) is 5.69 Å². The summed E-state index contributed by atoms with van der Waals surface area (Å²) in [5, 5.41) is 7.48. The molecule has 2 aromatic heterocycles. The fourth-order valence-electron chi connectivity index (χ4n) is 2.39. The maximum Gasteiger partial charge on any atom is 0.277 e.